The molecule has 0 unspecified atom stereocenters. The summed E-state index contributed by atoms with van der Waals surface area (Å²) in [5.74, 6) is 0.0510. The average molecular weight is 335 g/mol. The number of ether oxygens (including phenoxy) is 2. The highest BCUT2D eigenvalue weighted by molar-refractivity contribution is 5.77. The zero-order valence-electron chi connectivity index (χ0n) is 13.3. The lowest BCUT2D eigenvalue weighted by Gasteiger charge is -2.26. The molecule has 5 nitrogen and oxygen atoms in total. The third-order valence-corrected chi connectivity index (χ3v) is 3.40. The molecule has 0 heterocycles. The minimum absolute atomic E-state index is 0.459. The third kappa shape index (κ3) is 4.75. The van der Waals surface area contributed by atoms with Gasteiger partial charge in [0.25, 0.3) is 0 Å². The van der Waals surface area contributed by atoms with Crippen LogP contribution in [-0.4, -0.2) is 37.0 Å². The van der Waals surface area contributed by atoms with Crippen LogP contribution in [0.1, 0.15) is 31.9 Å². The van der Waals surface area contributed by atoms with E-state index in [1.165, 1.54) is 14.2 Å². The van der Waals surface area contributed by atoms with Crippen molar-refractivity contribution < 1.29 is 32.5 Å². The Morgan fingerprint density at radius 3 is 2.39 bits per heavy atom. The van der Waals surface area contributed by atoms with Crippen LogP contribution in [0.25, 0.3) is 0 Å². The number of hydrogen-bond donors (Lipinski definition) is 2. The van der Waals surface area contributed by atoms with E-state index in [0.717, 1.165) is 0 Å². The number of amides is 1. The molecule has 1 amide bonds. The minimum atomic E-state index is -4.89. The second kappa shape index (κ2) is 7.08. The molecule has 0 saturated heterocycles. The van der Waals surface area contributed by atoms with Gasteiger partial charge >= 0.3 is 6.18 Å². The van der Waals surface area contributed by atoms with Crippen molar-refractivity contribution in [1.29, 1.82) is 0 Å². The Labute approximate surface area is 132 Å². The predicted octanol–water partition coefficient (Wildman–Crippen LogP) is 2.58. The van der Waals surface area contributed by atoms with Gasteiger partial charge in [-0.25, -0.2) is 0 Å². The number of carbonyl (C=O) groups excluding carboxylic acids is 1. The Morgan fingerprint density at radius 2 is 1.91 bits per heavy atom. The number of alkyl halides is 3. The van der Waals surface area contributed by atoms with Crippen LogP contribution in [0.5, 0.6) is 11.5 Å². The summed E-state index contributed by atoms with van der Waals surface area (Å²) in [5.41, 5.74) is -2.54. The fourth-order valence-electron chi connectivity index (χ4n) is 1.96. The zero-order chi connectivity index (χ0) is 17.8. The molecule has 2 atom stereocenters. The van der Waals surface area contributed by atoms with Crippen LogP contribution in [0, 0.1) is 0 Å². The molecule has 0 aliphatic rings. The van der Waals surface area contributed by atoms with Crippen LogP contribution in [0.3, 0.4) is 0 Å². The molecule has 1 aromatic rings. The van der Waals surface area contributed by atoms with E-state index in [-0.39, 0.29) is 0 Å². The van der Waals surface area contributed by atoms with Crippen molar-refractivity contribution >= 4 is 5.91 Å². The molecule has 130 valence electrons. The maximum atomic E-state index is 12.6. The van der Waals surface area contributed by atoms with Crippen molar-refractivity contribution in [2.75, 3.05) is 14.2 Å². The van der Waals surface area contributed by atoms with Gasteiger partial charge in [-0.3, -0.25) is 4.79 Å². The van der Waals surface area contributed by atoms with Gasteiger partial charge in [-0.05, 0) is 32.0 Å². The van der Waals surface area contributed by atoms with E-state index in [9.17, 15) is 23.1 Å². The summed E-state index contributed by atoms with van der Waals surface area (Å²) in [6.07, 6.45) is -5.98. The lowest BCUT2D eigenvalue weighted by Crippen LogP contribution is -2.46. The maximum Gasteiger partial charge on any atom is 0.417 e. The highest BCUT2D eigenvalue weighted by Gasteiger charge is 2.51. The van der Waals surface area contributed by atoms with Gasteiger partial charge in [0.05, 0.1) is 26.7 Å². The van der Waals surface area contributed by atoms with E-state index in [4.69, 9.17) is 9.47 Å². The van der Waals surface area contributed by atoms with E-state index in [1.807, 2.05) is 0 Å². The molecule has 0 radical (unpaired) electrons. The standard InChI is InChI=1S/C15H20F3NO4/c1-9(11-7-10(22-3)5-6-12(11)23-4)19-13(20)8-14(2,21)15(16,17)18/h5-7,9,21H,8H2,1-4H3,(H,19,20)/t9-,14-/m1/s1. The van der Waals surface area contributed by atoms with Crippen molar-refractivity contribution in [2.45, 2.75) is 38.1 Å². The van der Waals surface area contributed by atoms with Crippen LogP contribution in [0.15, 0.2) is 18.2 Å². The lowest BCUT2D eigenvalue weighted by molar-refractivity contribution is -0.253. The average Bonchev–Trinajstić information content (AvgIpc) is 2.44. The van der Waals surface area contributed by atoms with Gasteiger partial charge in [0.15, 0.2) is 5.60 Å². The summed E-state index contributed by atoms with van der Waals surface area (Å²) in [7, 11) is 2.91. The Morgan fingerprint density at radius 1 is 1.30 bits per heavy atom. The van der Waals surface area contributed by atoms with Gasteiger partial charge in [-0.2, -0.15) is 13.2 Å². The van der Waals surface area contributed by atoms with Gasteiger partial charge in [-0.1, -0.05) is 0 Å². The molecule has 1 rings (SSSR count). The number of carbonyl (C=O) groups is 1. The van der Waals surface area contributed by atoms with Gasteiger partial charge in [0, 0.05) is 5.56 Å². The van der Waals surface area contributed by atoms with E-state index in [1.54, 1.807) is 25.1 Å². The first kappa shape index (κ1) is 19.1. The van der Waals surface area contributed by atoms with Crippen LogP contribution < -0.4 is 14.8 Å². The monoisotopic (exact) mass is 335 g/mol. The first-order chi connectivity index (χ1) is 10.5. The number of methoxy groups -OCH3 is 2. The largest absolute Gasteiger partial charge is 0.497 e. The summed E-state index contributed by atoms with van der Waals surface area (Å²) in [5, 5.41) is 11.8. The second-order valence-corrected chi connectivity index (χ2v) is 5.35. The molecule has 23 heavy (non-hydrogen) atoms. The summed E-state index contributed by atoms with van der Waals surface area (Å²) in [6.45, 7) is 2.15. The normalized spacial score (nSPS) is 15.5. The number of aliphatic hydroxyl groups is 1. The van der Waals surface area contributed by atoms with E-state index in [2.05, 4.69) is 5.32 Å². The highest BCUT2D eigenvalue weighted by atomic mass is 19.4. The Bertz CT molecular complexity index is 558. The Hall–Kier alpha value is -1.96. The quantitative estimate of drug-likeness (QED) is 0.838. The molecule has 0 aliphatic carbocycles. The van der Waals surface area contributed by atoms with Crippen LogP contribution in [0.4, 0.5) is 13.2 Å². The lowest BCUT2D eigenvalue weighted by atomic mass is 10.0. The Balaban J connectivity index is 2.87. The second-order valence-electron chi connectivity index (χ2n) is 5.35. The number of benzene rings is 1. The molecule has 0 aromatic heterocycles. The predicted molar refractivity (Wildman–Crippen MR) is 77.4 cm³/mol. The SMILES string of the molecule is COc1ccc(OC)c([C@@H](C)NC(=O)C[C@@](C)(O)C(F)(F)F)c1. The molecule has 0 bridgehead atoms. The van der Waals surface area contributed by atoms with Crippen LogP contribution >= 0.6 is 0 Å². The van der Waals surface area contributed by atoms with Gasteiger partial charge in [0.2, 0.25) is 5.91 Å². The first-order valence-corrected chi connectivity index (χ1v) is 6.82. The molecule has 1 aromatic carbocycles. The topological polar surface area (TPSA) is 67.8 Å². The highest BCUT2D eigenvalue weighted by Crippen LogP contribution is 2.33. The summed E-state index contributed by atoms with van der Waals surface area (Å²) in [4.78, 5) is 11.8. The van der Waals surface area contributed by atoms with Crippen molar-refractivity contribution in [3.05, 3.63) is 23.8 Å². The number of hydrogen-bond acceptors (Lipinski definition) is 4. The molecule has 0 spiro atoms. The molecule has 2 N–H and O–H groups in total. The van der Waals surface area contributed by atoms with E-state index >= 15 is 0 Å². The number of halogens is 3. The summed E-state index contributed by atoms with van der Waals surface area (Å²) in [6, 6.07) is 4.27. The van der Waals surface area contributed by atoms with Crippen molar-refractivity contribution in [3.63, 3.8) is 0 Å². The van der Waals surface area contributed by atoms with Gasteiger partial charge in [-0.15, -0.1) is 0 Å². The molecule has 8 heteroatoms. The Kier molecular flexibility index (Phi) is 5.87. The van der Waals surface area contributed by atoms with Crippen LogP contribution in [-0.2, 0) is 4.79 Å². The fraction of sp³-hybridized carbons (Fsp3) is 0.533. The van der Waals surface area contributed by atoms with Gasteiger partial charge < -0.3 is 19.9 Å². The van der Waals surface area contributed by atoms with E-state index < -0.39 is 30.1 Å². The molecular formula is C15H20F3NO4. The van der Waals surface area contributed by atoms with Crippen molar-refractivity contribution in [1.82, 2.24) is 5.32 Å². The number of rotatable bonds is 6. The minimum Gasteiger partial charge on any atom is -0.497 e. The molecule has 0 aliphatic heterocycles. The first-order valence-electron chi connectivity index (χ1n) is 6.82. The molecular weight excluding hydrogens is 315 g/mol. The summed E-state index contributed by atoms with van der Waals surface area (Å²) < 4.78 is 48.1. The summed E-state index contributed by atoms with van der Waals surface area (Å²) >= 11 is 0. The smallest absolute Gasteiger partial charge is 0.417 e. The van der Waals surface area contributed by atoms with Crippen molar-refractivity contribution in [2.24, 2.45) is 0 Å². The molecule has 0 fully saturated rings. The number of nitrogens with one attached hydrogen (secondary N) is 1. The van der Waals surface area contributed by atoms with Crippen LogP contribution in [0.2, 0.25) is 0 Å². The zero-order valence-corrected chi connectivity index (χ0v) is 13.3. The third-order valence-electron chi connectivity index (χ3n) is 3.40. The fourth-order valence-corrected chi connectivity index (χ4v) is 1.96. The van der Waals surface area contributed by atoms with E-state index in [0.29, 0.717) is 24.0 Å². The maximum absolute atomic E-state index is 12.6. The molecule has 0 saturated carbocycles. The van der Waals surface area contributed by atoms with Gasteiger partial charge in [0.1, 0.15) is 11.5 Å². The van der Waals surface area contributed by atoms with Crippen molar-refractivity contribution in [3.8, 4) is 11.5 Å².